The minimum atomic E-state index is -3.80. The Labute approximate surface area is 373 Å². The average molecular weight is 891 g/mol. The summed E-state index contributed by atoms with van der Waals surface area (Å²) in [6, 6.07) is 59.9. The summed E-state index contributed by atoms with van der Waals surface area (Å²) in [5, 5.41) is 3.72. The molecule has 2 aliphatic rings. The van der Waals surface area contributed by atoms with Crippen molar-refractivity contribution >= 4 is 64.3 Å². The fraction of sp³-hybridized carbons (Fsp3) is 0.154. The van der Waals surface area contributed by atoms with Gasteiger partial charge in [0.1, 0.15) is 36.9 Å². The van der Waals surface area contributed by atoms with Crippen molar-refractivity contribution in [2.45, 2.75) is 23.7 Å². The first-order chi connectivity index (χ1) is 31.2. The van der Waals surface area contributed by atoms with Gasteiger partial charge < -0.3 is 18.9 Å². The maximum absolute atomic E-state index is 13.9. The van der Waals surface area contributed by atoms with E-state index < -0.39 is 20.0 Å². The molecule has 10 nitrogen and oxygen atoms in total. The summed E-state index contributed by atoms with van der Waals surface area (Å²) in [5.74, 6) is 0.872. The van der Waals surface area contributed by atoms with Crippen LogP contribution in [0.15, 0.2) is 194 Å². The number of fused-ring (bicyclic) bond motifs is 2. The summed E-state index contributed by atoms with van der Waals surface area (Å²) in [4.78, 5) is 0. The Hall–Kier alpha value is -6.70. The highest BCUT2D eigenvalue weighted by Crippen LogP contribution is 2.38. The second-order valence-corrected chi connectivity index (χ2v) is 19.1. The number of ether oxygens (including phenoxy) is 4. The Morgan fingerprint density at radius 1 is 0.469 bits per heavy atom. The zero-order chi connectivity index (χ0) is 43.9. The largest absolute Gasteiger partial charge is 0.491 e. The van der Waals surface area contributed by atoms with Crippen molar-refractivity contribution in [3.05, 3.63) is 205 Å². The van der Waals surface area contributed by atoms with Crippen molar-refractivity contribution in [2.75, 3.05) is 35.0 Å². The van der Waals surface area contributed by atoms with Crippen molar-refractivity contribution in [1.29, 1.82) is 0 Å². The monoisotopic (exact) mass is 890 g/mol. The van der Waals surface area contributed by atoms with Gasteiger partial charge in [-0.3, -0.25) is 0 Å². The van der Waals surface area contributed by atoms with Gasteiger partial charge in [0.05, 0.1) is 47.5 Å². The van der Waals surface area contributed by atoms with Crippen LogP contribution in [0.1, 0.15) is 11.1 Å². The number of sulfonamides is 2. The first-order valence-electron chi connectivity index (χ1n) is 21.0. The van der Waals surface area contributed by atoms with Crippen LogP contribution in [0.25, 0.3) is 21.5 Å². The molecule has 0 amide bonds. The molecule has 2 aliphatic heterocycles. The van der Waals surface area contributed by atoms with Gasteiger partial charge in [0.15, 0.2) is 0 Å². The molecule has 8 aromatic rings. The Balaban J connectivity index is 0.000000162. The number of epoxide rings is 2. The molecule has 0 aliphatic carbocycles. The van der Waals surface area contributed by atoms with Gasteiger partial charge in [-0.25, -0.2) is 25.4 Å². The SMILES string of the molecule is O=S(=O)(Cc1cccc(OCC2CO2)c1)N(c1ccccc1)c1cccc2ccccc12.O=S(=O)(Cc1ccccc1OCC1CO1)N(c1ccccc1)c1cccc2ccccc12. The van der Waals surface area contributed by atoms with Gasteiger partial charge in [0, 0.05) is 16.3 Å². The normalized spacial score (nSPS) is 15.4. The third kappa shape index (κ3) is 10.2. The van der Waals surface area contributed by atoms with E-state index in [-0.39, 0.29) is 23.7 Å². The minimum Gasteiger partial charge on any atom is -0.491 e. The average Bonchev–Trinajstić information content (AvgIpc) is 4.26. The van der Waals surface area contributed by atoms with Crippen molar-refractivity contribution < 1.29 is 35.8 Å². The number of hydrogen-bond donors (Lipinski definition) is 0. The van der Waals surface area contributed by atoms with Gasteiger partial charge in [0.25, 0.3) is 0 Å². The molecule has 8 aromatic carbocycles. The summed E-state index contributed by atoms with van der Waals surface area (Å²) < 4.78 is 80.3. The van der Waals surface area contributed by atoms with E-state index in [1.165, 1.54) is 8.61 Å². The summed E-state index contributed by atoms with van der Waals surface area (Å²) in [7, 11) is -7.55. The number of nitrogens with zero attached hydrogens (tertiary/aromatic N) is 2. The highest BCUT2D eigenvalue weighted by molar-refractivity contribution is 7.92. The van der Waals surface area contributed by atoms with Gasteiger partial charge in [0.2, 0.25) is 20.0 Å². The van der Waals surface area contributed by atoms with Crippen molar-refractivity contribution in [3.63, 3.8) is 0 Å². The molecular weight excluding hydrogens is 845 g/mol. The predicted octanol–water partition coefficient (Wildman–Crippen LogP) is 10.6. The summed E-state index contributed by atoms with van der Waals surface area (Å²) in [6.07, 6.45) is 0.235. The molecule has 2 heterocycles. The van der Waals surface area contributed by atoms with E-state index >= 15 is 0 Å². The second kappa shape index (κ2) is 19.0. The zero-order valence-corrected chi connectivity index (χ0v) is 36.5. The molecule has 2 saturated heterocycles. The number of hydrogen-bond acceptors (Lipinski definition) is 8. The lowest BCUT2D eigenvalue weighted by molar-refractivity contribution is 0.261. The lowest BCUT2D eigenvalue weighted by Gasteiger charge is -2.26. The van der Waals surface area contributed by atoms with Gasteiger partial charge in [-0.05, 0) is 70.9 Å². The zero-order valence-electron chi connectivity index (χ0n) is 34.8. The first kappa shape index (κ1) is 42.6. The number of benzene rings is 8. The van der Waals surface area contributed by atoms with E-state index in [4.69, 9.17) is 18.9 Å². The van der Waals surface area contributed by atoms with Crippen molar-refractivity contribution in [3.8, 4) is 11.5 Å². The lowest BCUT2D eigenvalue weighted by atomic mass is 10.1. The van der Waals surface area contributed by atoms with Crippen LogP contribution in [-0.2, 0) is 41.0 Å². The second-order valence-electron chi connectivity index (χ2n) is 15.5. The molecule has 2 unspecified atom stereocenters. The van der Waals surface area contributed by atoms with Crippen LogP contribution in [0, 0.1) is 0 Å². The molecule has 0 radical (unpaired) electrons. The van der Waals surface area contributed by atoms with Crippen molar-refractivity contribution in [1.82, 2.24) is 0 Å². The molecule has 0 saturated carbocycles. The van der Waals surface area contributed by atoms with Gasteiger partial charge in [-0.15, -0.1) is 0 Å². The molecule has 0 spiro atoms. The molecule has 2 fully saturated rings. The summed E-state index contributed by atoms with van der Waals surface area (Å²) >= 11 is 0. The molecule has 12 heteroatoms. The summed E-state index contributed by atoms with van der Waals surface area (Å²) in [6.45, 7) is 2.29. The Morgan fingerprint density at radius 3 is 1.48 bits per heavy atom. The first-order valence-corrected chi connectivity index (χ1v) is 24.2. The molecular formula is C52H46N2O8S2. The van der Waals surface area contributed by atoms with Crippen LogP contribution in [0.2, 0.25) is 0 Å². The van der Waals surface area contributed by atoms with Crippen LogP contribution in [0.5, 0.6) is 11.5 Å². The molecule has 2 atom stereocenters. The van der Waals surface area contributed by atoms with Gasteiger partial charge in [-0.1, -0.05) is 140 Å². The van der Waals surface area contributed by atoms with E-state index in [1.54, 1.807) is 18.2 Å². The van der Waals surface area contributed by atoms with E-state index in [1.807, 2.05) is 176 Å². The van der Waals surface area contributed by atoms with Crippen LogP contribution in [-0.4, -0.2) is 55.5 Å². The van der Waals surface area contributed by atoms with Crippen molar-refractivity contribution in [2.24, 2.45) is 0 Å². The van der Waals surface area contributed by atoms with E-state index in [9.17, 15) is 16.8 Å². The topological polar surface area (TPSA) is 118 Å². The van der Waals surface area contributed by atoms with E-state index in [0.717, 1.165) is 21.5 Å². The van der Waals surface area contributed by atoms with Crippen LogP contribution < -0.4 is 18.1 Å². The quantitative estimate of drug-likeness (QED) is 0.0880. The molecule has 324 valence electrons. The Kier molecular flexibility index (Phi) is 12.6. The van der Waals surface area contributed by atoms with Gasteiger partial charge >= 0.3 is 0 Å². The smallest absolute Gasteiger partial charge is 0.243 e. The molecule has 10 rings (SSSR count). The Bertz CT molecular complexity index is 3080. The maximum Gasteiger partial charge on any atom is 0.243 e. The number of rotatable bonds is 16. The number of para-hydroxylation sites is 3. The predicted molar refractivity (Wildman–Crippen MR) is 254 cm³/mol. The third-order valence-corrected chi connectivity index (χ3v) is 14.0. The standard InChI is InChI=1S/2C26H23NO4S/c28-32(29,19-21-10-5-7-16-26(21)31-18-23-17-30-23)27(22-12-2-1-3-13-22)25-15-8-11-20-9-4-6-14-24(20)25;28-32(29,19-20-8-6-13-23(16-20)30-17-24-18-31-24)27(22-11-2-1-3-12-22)26-15-7-10-21-9-4-5-14-25(21)26/h1-16,23H,17-19H2;1-16,24H,17-19H2. The lowest BCUT2D eigenvalue weighted by Crippen LogP contribution is -2.28. The maximum atomic E-state index is 13.9. The third-order valence-electron chi connectivity index (χ3n) is 10.7. The molecule has 0 N–H and O–H groups in total. The van der Waals surface area contributed by atoms with E-state index in [0.29, 0.717) is 71.8 Å². The molecule has 0 bridgehead atoms. The summed E-state index contributed by atoms with van der Waals surface area (Å²) in [5.41, 5.74) is 3.73. The minimum absolute atomic E-state index is 0.0937. The highest BCUT2D eigenvalue weighted by atomic mass is 32.2. The number of anilines is 4. The fourth-order valence-corrected chi connectivity index (χ4v) is 10.8. The van der Waals surface area contributed by atoms with Crippen LogP contribution in [0.4, 0.5) is 22.7 Å². The van der Waals surface area contributed by atoms with E-state index in [2.05, 4.69) is 0 Å². The van der Waals surface area contributed by atoms with Gasteiger partial charge in [-0.2, -0.15) is 0 Å². The van der Waals surface area contributed by atoms with Crippen LogP contribution in [0.3, 0.4) is 0 Å². The van der Waals surface area contributed by atoms with Crippen LogP contribution >= 0.6 is 0 Å². The highest BCUT2D eigenvalue weighted by Gasteiger charge is 2.30. The fourth-order valence-electron chi connectivity index (χ4n) is 7.52. The molecule has 64 heavy (non-hydrogen) atoms. The molecule has 0 aromatic heterocycles. The Morgan fingerprint density at radius 2 is 0.922 bits per heavy atom.